The number of hydrogen-bond donors (Lipinski definition) is 0. The number of carbonyl (C=O) groups is 2. The summed E-state index contributed by atoms with van der Waals surface area (Å²) in [5.74, 6) is 1.27. The van der Waals surface area contributed by atoms with Crippen molar-refractivity contribution in [1.82, 2.24) is 10.0 Å². The van der Waals surface area contributed by atoms with Gasteiger partial charge in [0.1, 0.15) is 0 Å². The number of nitrogens with zero attached hydrogens (tertiary/aromatic N) is 2. The summed E-state index contributed by atoms with van der Waals surface area (Å²) in [7, 11) is 4.54. The fourth-order valence-electron chi connectivity index (χ4n) is 4.58. The molecule has 0 bridgehead atoms. The SMILES string of the molecule is COc1cc(C(=O)N2CCCN2C(=O)CC2Cc3ccccc3C2)cc(OC)c1OC. The monoisotopic (exact) mass is 424 g/mol. The largest absolute Gasteiger partial charge is 0.493 e. The van der Waals surface area contributed by atoms with Gasteiger partial charge in [0.25, 0.3) is 5.91 Å². The molecule has 2 amide bonds. The van der Waals surface area contributed by atoms with Gasteiger partial charge in [0.2, 0.25) is 11.7 Å². The van der Waals surface area contributed by atoms with Gasteiger partial charge in [-0.3, -0.25) is 14.6 Å². The van der Waals surface area contributed by atoms with E-state index in [2.05, 4.69) is 12.1 Å². The van der Waals surface area contributed by atoms with E-state index in [4.69, 9.17) is 14.2 Å². The number of fused-ring (bicyclic) bond motifs is 1. The Bertz CT molecular complexity index is 940. The van der Waals surface area contributed by atoms with Crippen molar-refractivity contribution in [2.45, 2.75) is 25.7 Å². The molecule has 1 aliphatic carbocycles. The van der Waals surface area contributed by atoms with Crippen LogP contribution >= 0.6 is 0 Å². The molecule has 1 heterocycles. The minimum absolute atomic E-state index is 0.00361. The summed E-state index contributed by atoms with van der Waals surface area (Å²) in [5, 5.41) is 3.15. The maximum Gasteiger partial charge on any atom is 0.272 e. The Labute approximate surface area is 182 Å². The van der Waals surface area contributed by atoms with Gasteiger partial charge < -0.3 is 14.2 Å². The van der Waals surface area contributed by atoms with Crippen molar-refractivity contribution in [3.63, 3.8) is 0 Å². The van der Waals surface area contributed by atoms with Gasteiger partial charge in [-0.1, -0.05) is 24.3 Å². The Balaban J connectivity index is 1.49. The van der Waals surface area contributed by atoms with Gasteiger partial charge in [-0.05, 0) is 48.4 Å². The average molecular weight is 424 g/mol. The Hall–Kier alpha value is -3.22. The molecule has 31 heavy (non-hydrogen) atoms. The van der Waals surface area contributed by atoms with E-state index in [0.717, 1.165) is 19.3 Å². The Kier molecular flexibility index (Phi) is 6.02. The molecular formula is C24H28N2O5. The number of rotatable bonds is 6. The van der Waals surface area contributed by atoms with E-state index in [9.17, 15) is 9.59 Å². The van der Waals surface area contributed by atoms with Crippen LogP contribution in [-0.4, -0.2) is 56.3 Å². The Morgan fingerprint density at radius 2 is 1.48 bits per heavy atom. The third-order valence-corrected chi connectivity index (χ3v) is 6.06. The number of hydrazine groups is 1. The third-order valence-electron chi connectivity index (χ3n) is 6.06. The number of hydrogen-bond acceptors (Lipinski definition) is 5. The van der Waals surface area contributed by atoms with Crippen LogP contribution in [0.5, 0.6) is 17.2 Å². The van der Waals surface area contributed by atoms with Crippen LogP contribution in [-0.2, 0) is 17.6 Å². The molecule has 2 aromatic rings. The lowest BCUT2D eigenvalue weighted by molar-refractivity contribution is -0.141. The summed E-state index contributed by atoms with van der Waals surface area (Å²) in [6.07, 6.45) is 3.02. The number of benzene rings is 2. The van der Waals surface area contributed by atoms with E-state index in [0.29, 0.717) is 42.3 Å². The quantitative estimate of drug-likeness (QED) is 0.713. The number of amides is 2. The highest BCUT2D eigenvalue weighted by molar-refractivity contribution is 5.97. The van der Waals surface area contributed by atoms with Crippen molar-refractivity contribution in [2.24, 2.45) is 5.92 Å². The van der Waals surface area contributed by atoms with Gasteiger partial charge >= 0.3 is 0 Å². The maximum absolute atomic E-state index is 13.3. The highest BCUT2D eigenvalue weighted by atomic mass is 16.5. The lowest BCUT2D eigenvalue weighted by Gasteiger charge is -2.29. The fourth-order valence-corrected chi connectivity index (χ4v) is 4.58. The molecule has 1 aliphatic heterocycles. The van der Waals surface area contributed by atoms with E-state index in [1.54, 1.807) is 22.2 Å². The molecule has 2 aromatic carbocycles. The van der Waals surface area contributed by atoms with Crippen LogP contribution < -0.4 is 14.2 Å². The molecule has 1 fully saturated rings. The second-order valence-electron chi connectivity index (χ2n) is 7.96. The molecule has 0 radical (unpaired) electrons. The molecule has 0 saturated carbocycles. The van der Waals surface area contributed by atoms with Crippen molar-refractivity contribution < 1.29 is 23.8 Å². The predicted molar refractivity (Wildman–Crippen MR) is 115 cm³/mol. The van der Waals surface area contributed by atoms with E-state index >= 15 is 0 Å². The standard InChI is InChI=1S/C24H28N2O5/c1-29-20-14-19(15-21(30-2)23(20)31-3)24(28)26-10-6-9-25(26)22(27)13-16-11-17-7-4-5-8-18(17)12-16/h4-5,7-8,14-16H,6,9-13H2,1-3H3. The van der Waals surface area contributed by atoms with E-state index in [1.807, 2.05) is 12.1 Å². The van der Waals surface area contributed by atoms with Gasteiger partial charge in [0.05, 0.1) is 21.3 Å². The number of ether oxygens (including phenoxy) is 3. The smallest absolute Gasteiger partial charge is 0.272 e. The van der Waals surface area contributed by atoms with Crippen molar-refractivity contribution in [1.29, 1.82) is 0 Å². The molecule has 164 valence electrons. The first-order valence-electron chi connectivity index (χ1n) is 10.5. The van der Waals surface area contributed by atoms with E-state index < -0.39 is 0 Å². The minimum Gasteiger partial charge on any atom is -0.493 e. The molecule has 0 N–H and O–H groups in total. The third kappa shape index (κ3) is 4.04. The minimum atomic E-state index is -0.250. The van der Waals surface area contributed by atoms with Crippen LogP contribution in [0.1, 0.15) is 34.3 Å². The van der Waals surface area contributed by atoms with Crippen molar-refractivity contribution in [3.8, 4) is 17.2 Å². The first-order chi connectivity index (χ1) is 15.0. The highest BCUT2D eigenvalue weighted by Crippen LogP contribution is 2.39. The van der Waals surface area contributed by atoms with Gasteiger partial charge in [-0.15, -0.1) is 0 Å². The molecule has 0 atom stereocenters. The van der Waals surface area contributed by atoms with E-state index in [1.165, 1.54) is 32.5 Å². The van der Waals surface area contributed by atoms with E-state index in [-0.39, 0.29) is 17.7 Å². The molecular weight excluding hydrogens is 396 g/mol. The number of carbonyl (C=O) groups excluding carboxylic acids is 2. The zero-order valence-electron chi connectivity index (χ0n) is 18.2. The van der Waals surface area contributed by atoms with Gasteiger partial charge in [-0.2, -0.15) is 0 Å². The zero-order valence-corrected chi connectivity index (χ0v) is 18.2. The average Bonchev–Trinajstić information content (AvgIpc) is 3.44. The van der Waals surface area contributed by atoms with Crippen LogP contribution in [0.2, 0.25) is 0 Å². The summed E-state index contributed by atoms with van der Waals surface area (Å²) in [4.78, 5) is 26.4. The summed E-state index contributed by atoms with van der Waals surface area (Å²) >= 11 is 0. The maximum atomic E-state index is 13.3. The molecule has 7 nitrogen and oxygen atoms in total. The summed E-state index contributed by atoms with van der Waals surface area (Å²) < 4.78 is 16.1. The summed E-state index contributed by atoms with van der Waals surface area (Å²) in [6, 6.07) is 11.6. The van der Waals surface area contributed by atoms with Crippen LogP contribution in [0.4, 0.5) is 0 Å². The van der Waals surface area contributed by atoms with Crippen molar-refractivity contribution >= 4 is 11.8 Å². The second-order valence-corrected chi connectivity index (χ2v) is 7.96. The molecule has 4 rings (SSSR count). The van der Waals surface area contributed by atoms with Gasteiger partial charge in [-0.25, -0.2) is 5.01 Å². The molecule has 1 saturated heterocycles. The lowest BCUT2D eigenvalue weighted by Crippen LogP contribution is -2.45. The van der Waals surface area contributed by atoms with Crippen LogP contribution in [0, 0.1) is 5.92 Å². The first kappa shape index (κ1) is 21.0. The summed E-state index contributed by atoms with van der Waals surface area (Å²) in [6.45, 7) is 1.06. The normalized spacial score (nSPS) is 15.7. The Morgan fingerprint density at radius 1 is 0.903 bits per heavy atom. The predicted octanol–water partition coefficient (Wildman–Crippen LogP) is 3.11. The fraction of sp³-hybridized carbons (Fsp3) is 0.417. The zero-order chi connectivity index (χ0) is 22.0. The Morgan fingerprint density at radius 3 is 2.03 bits per heavy atom. The highest BCUT2D eigenvalue weighted by Gasteiger charge is 2.34. The van der Waals surface area contributed by atoms with Gasteiger partial charge in [0, 0.05) is 25.1 Å². The van der Waals surface area contributed by atoms with Crippen LogP contribution in [0.15, 0.2) is 36.4 Å². The number of methoxy groups -OCH3 is 3. The van der Waals surface area contributed by atoms with Crippen LogP contribution in [0.3, 0.4) is 0 Å². The molecule has 0 unspecified atom stereocenters. The van der Waals surface area contributed by atoms with Crippen LogP contribution in [0.25, 0.3) is 0 Å². The first-order valence-corrected chi connectivity index (χ1v) is 10.5. The topological polar surface area (TPSA) is 68.3 Å². The van der Waals surface area contributed by atoms with Crippen molar-refractivity contribution in [3.05, 3.63) is 53.1 Å². The second kappa shape index (κ2) is 8.88. The summed E-state index contributed by atoms with van der Waals surface area (Å²) in [5.41, 5.74) is 3.04. The van der Waals surface area contributed by atoms with Gasteiger partial charge in [0.15, 0.2) is 11.5 Å². The molecule has 0 aromatic heterocycles. The molecule has 2 aliphatic rings. The molecule has 7 heteroatoms. The lowest BCUT2D eigenvalue weighted by atomic mass is 10.0. The molecule has 0 spiro atoms. The van der Waals surface area contributed by atoms with Crippen molar-refractivity contribution in [2.75, 3.05) is 34.4 Å².